The second-order valence-electron chi connectivity index (χ2n) is 5.93. The molecule has 3 aromatic rings. The Labute approximate surface area is 157 Å². The quantitative estimate of drug-likeness (QED) is 0.734. The molecule has 26 heavy (non-hydrogen) atoms. The van der Waals surface area contributed by atoms with Crippen molar-refractivity contribution in [1.82, 2.24) is 10.1 Å². The number of anilines is 1. The Bertz CT molecular complexity index is 911. The second-order valence-corrected chi connectivity index (χ2v) is 5.93. The first-order valence-electron chi connectivity index (χ1n) is 8.17. The van der Waals surface area contributed by atoms with Crippen LogP contribution < -0.4 is 14.8 Å². The third-order valence-electron chi connectivity index (χ3n) is 4.34. The summed E-state index contributed by atoms with van der Waals surface area (Å²) >= 11 is 0. The predicted octanol–water partition coefficient (Wildman–Crippen LogP) is 3.73. The van der Waals surface area contributed by atoms with Crippen LogP contribution in [0.5, 0.6) is 11.5 Å². The molecule has 1 aromatic heterocycles. The summed E-state index contributed by atoms with van der Waals surface area (Å²) in [6, 6.07) is 12.0. The Hall–Kier alpha value is -2.73. The van der Waals surface area contributed by atoms with Crippen molar-refractivity contribution < 1.29 is 14.0 Å². The minimum Gasteiger partial charge on any atom is -0.493 e. The van der Waals surface area contributed by atoms with E-state index in [1.165, 1.54) is 11.3 Å². The largest absolute Gasteiger partial charge is 0.493 e. The lowest BCUT2D eigenvalue weighted by Gasteiger charge is -2.08. The molecule has 0 amide bonds. The fourth-order valence-corrected chi connectivity index (χ4v) is 3.05. The van der Waals surface area contributed by atoms with Crippen LogP contribution in [-0.2, 0) is 12.8 Å². The SMILES string of the molecule is COc1ccc(Cc2noc(-c3ccc4c(c3)CCN4)n2)cc1OC.Cl. The number of rotatable bonds is 5. The number of aromatic nitrogens is 2. The van der Waals surface area contributed by atoms with Crippen molar-refractivity contribution in [3.8, 4) is 23.0 Å². The second kappa shape index (κ2) is 7.66. The molecule has 0 fully saturated rings. The molecule has 7 heteroatoms. The Balaban J connectivity index is 0.00000196. The first-order valence-corrected chi connectivity index (χ1v) is 8.17. The lowest BCUT2D eigenvalue weighted by atomic mass is 10.1. The van der Waals surface area contributed by atoms with E-state index in [0.29, 0.717) is 29.6 Å². The van der Waals surface area contributed by atoms with Gasteiger partial charge in [0, 0.05) is 24.2 Å². The van der Waals surface area contributed by atoms with Crippen LogP contribution in [0.3, 0.4) is 0 Å². The molecule has 6 nitrogen and oxygen atoms in total. The van der Waals surface area contributed by atoms with Gasteiger partial charge in [-0.25, -0.2) is 0 Å². The van der Waals surface area contributed by atoms with E-state index < -0.39 is 0 Å². The molecule has 0 saturated heterocycles. The van der Waals surface area contributed by atoms with Crippen molar-refractivity contribution >= 4 is 18.1 Å². The molecule has 1 aliphatic heterocycles. The van der Waals surface area contributed by atoms with Crippen LogP contribution in [0.1, 0.15) is 17.0 Å². The minimum atomic E-state index is 0. The number of nitrogens with zero attached hydrogens (tertiary/aromatic N) is 2. The molecule has 0 radical (unpaired) electrons. The van der Waals surface area contributed by atoms with Gasteiger partial charge in [0.05, 0.1) is 14.2 Å². The van der Waals surface area contributed by atoms with E-state index in [2.05, 4.69) is 27.6 Å². The molecule has 0 bridgehead atoms. The number of nitrogens with one attached hydrogen (secondary N) is 1. The van der Waals surface area contributed by atoms with Crippen molar-refractivity contribution in [1.29, 1.82) is 0 Å². The van der Waals surface area contributed by atoms with Crippen molar-refractivity contribution in [2.45, 2.75) is 12.8 Å². The van der Waals surface area contributed by atoms with Crippen LogP contribution in [0.2, 0.25) is 0 Å². The Morgan fingerprint density at radius 2 is 1.92 bits per heavy atom. The molecule has 4 rings (SSSR count). The van der Waals surface area contributed by atoms with Gasteiger partial charge in [0.25, 0.3) is 5.89 Å². The van der Waals surface area contributed by atoms with E-state index >= 15 is 0 Å². The number of ether oxygens (including phenoxy) is 2. The summed E-state index contributed by atoms with van der Waals surface area (Å²) < 4.78 is 16.0. The molecular weight excluding hydrogens is 354 g/mol. The summed E-state index contributed by atoms with van der Waals surface area (Å²) in [5.41, 5.74) is 4.46. The van der Waals surface area contributed by atoms with E-state index in [1.54, 1.807) is 14.2 Å². The van der Waals surface area contributed by atoms with Crippen LogP contribution in [0, 0.1) is 0 Å². The molecule has 0 saturated carbocycles. The molecule has 0 unspecified atom stereocenters. The predicted molar refractivity (Wildman–Crippen MR) is 102 cm³/mol. The third-order valence-corrected chi connectivity index (χ3v) is 4.34. The smallest absolute Gasteiger partial charge is 0.257 e. The monoisotopic (exact) mass is 373 g/mol. The van der Waals surface area contributed by atoms with Gasteiger partial charge in [0.15, 0.2) is 17.3 Å². The number of hydrogen-bond donors (Lipinski definition) is 1. The van der Waals surface area contributed by atoms with Gasteiger partial charge in [-0.05, 0) is 47.9 Å². The standard InChI is InChI=1S/C19H19N3O3.ClH/c1-23-16-6-3-12(9-17(16)24-2)10-18-21-19(25-22-18)14-4-5-15-13(11-14)7-8-20-15;/h3-6,9,11,20H,7-8,10H2,1-2H3;1H. The number of benzene rings is 2. The minimum absolute atomic E-state index is 0. The Morgan fingerprint density at radius 1 is 1.08 bits per heavy atom. The van der Waals surface area contributed by atoms with E-state index in [1.807, 2.05) is 24.3 Å². The summed E-state index contributed by atoms with van der Waals surface area (Å²) in [6.07, 6.45) is 1.59. The van der Waals surface area contributed by atoms with E-state index in [0.717, 1.165) is 24.1 Å². The van der Waals surface area contributed by atoms with Gasteiger partial charge < -0.3 is 19.3 Å². The molecule has 1 N–H and O–H groups in total. The topological polar surface area (TPSA) is 69.4 Å². The summed E-state index contributed by atoms with van der Waals surface area (Å²) in [4.78, 5) is 4.53. The molecule has 136 valence electrons. The molecule has 0 aliphatic carbocycles. The number of fused-ring (bicyclic) bond motifs is 1. The van der Waals surface area contributed by atoms with Crippen LogP contribution in [-0.4, -0.2) is 30.9 Å². The first-order chi connectivity index (χ1) is 12.3. The van der Waals surface area contributed by atoms with Crippen molar-refractivity contribution in [2.75, 3.05) is 26.1 Å². The maximum Gasteiger partial charge on any atom is 0.257 e. The zero-order valence-corrected chi connectivity index (χ0v) is 15.4. The number of halogens is 1. The molecule has 0 atom stereocenters. The van der Waals surface area contributed by atoms with E-state index in [-0.39, 0.29) is 12.4 Å². The first kappa shape index (κ1) is 18.1. The van der Waals surface area contributed by atoms with Gasteiger partial charge in [0.2, 0.25) is 0 Å². The molecule has 2 aromatic carbocycles. The normalized spacial score (nSPS) is 12.1. The Morgan fingerprint density at radius 3 is 2.73 bits per heavy atom. The maximum atomic E-state index is 5.45. The highest BCUT2D eigenvalue weighted by Gasteiger charge is 2.15. The van der Waals surface area contributed by atoms with Gasteiger partial charge in [-0.3, -0.25) is 0 Å². The Kier molecular flexibility index (Phi) is 5.32. The highest BCUT2D eigenvalue weighted by Crippen LogP contribution is 2.30. The number of hydrogen-bond acceptors (Lipinski definition) is 6. The molecule has 2 heterocycles. The summed E-state index contributed by atoms with van der Waals surface area (Å²) in [5, 5.41) is 7.45. The number of methoxy groups -OCH3 is 2. The lowest BCUT2D eigenvalue weighted by molar-refractivity contribution is 0.354. The van der Waals surface area contributed by atoms with Gasteiger partial charge in [-0.2, -0.15) is 4.98 Å². The third kappa shape index (κ3) is 3.46. The molecule has 0 spiro atoms. The highest BCUT2D eigenvalue weighted by atomic mass is 35.5. The average Bonchev–Trinajstić information content (AvgIpc) is 3.30. The van der Waals surface area contributed by atoms with Crippen LogP contribution in [0.4, 0.5) is 5.69 Å². The lowest BCUT2D eigenvalue weighted by Crippen LogP contribution is -1.95. The summed E-state index contributed by atoms with van der Waals surface area (Å²) in [7, 11) is 3.24. The summed E-state index contributed by atoms with van der Waals surface area (Å²) in [5.74, 6) is 2.58. The highest BCUT2D eigenvalue weighted by molar-refractivity contribution is 5.85. The van der Waals surface area contributed by atoms with Crippen molar-refractivity contribution in [2.24, 2.45) is 0 Å². The van der Waals surface area contributed by atoms with Crippen LogP contribution in [0.25, 0.3) is 11.5 Å². The average molecular weight is 374 g/mol. The van der Waals surface area contributed by atoms with Crippen LogP contribution in [0.15, 0.2) is 40.9 Å². The van der Waals surface area contributed by atoms with Crippen molar-refractivity contribution in [3.05, 3.63) is 53.3 Å². The van der Waals surface area contributed by atoms with Crippen LogP contribution >= 0.6 is 12.4 Å². The van der Waals surface area contributed by atoms with Gasteiger partial charge in [-0.15, -0.1) is 12.4 Å². The van der Waals surface area contributed by atoms with E-state index in [4.69, 9.17) is 14.0 Å². The van der Waals surface area contributed by atoms with E-state index in [9.17, 15) is 0 Å². The van der Waals surface area contributed by atoms with Gasteiger partial charge in [0.1, 0.15) is 0 Å². The fraction of sp³-hybridized carbons (Fsp3) is 0.263. The van der Waals surface area contributed by atoms with Gasteiger partial charge >= 0.3 is 0 Å². The zero-order chi connectivity index (χ0) is 17.2. The maximum absolute atomic E-state index is 5.45. The molecular formula is C19H20ClN3O3. The summed E-state index contributed by atoms with van der Waals surface area (Å²) in [6.45, 7) is 0.979. The zero-order valence-electron chi connectivity index (χ0n) is 14.6. The molecule has 1 aliphatic rings. The van der Waals surface area contributed by atoms with Crippen molar-refractivity contribution in [3.63, 3.8) is 0 Å². The van der Waals surface area contributed by atoms with Gasteiger partial charge in [-0.1, -0.05) is 11.2 Å². The fourth-order valence-electron chi connectivity index (χ4n) is 3.05.